The van der Waals surface area contributed by atoms with Gasteiger partial charge in [0.25, 0.3) is 5.56 Å². The van der Waals surface area contributed by atoms with Crippen LogP contribution < -0.4 is 16.2 Å². The topological polar surface area (TPSA) is 64.2 Å². The van der Waals surface area contributed by atoms with E-state index in [0.29, 0.717) is 5.82 Å². The fourth-order valence-corrected chi connectivity index (χ4v) is 2.16. The molecule has 2 rings (SSSR count). The third kappa shape index (κ3) is 2.20. The van der Waals surface area contributed by atoms with Crippen molar-refractivity contribution in [3.05, 3.63) is 22.7 Å². The van der Waals surface area contributed by atoms with E-state index in [-0.39, 0.29) is 11.1 Å². The lowest BCUT2D eigenvalue weighted by Crippen LogP contribution is -2.68. The maximum absolute atomic E-state index is 12.1. The normalized spacial score (nSPS) is 17.9. The molecule has 1 aliphatic heterocycles. The van der Waals surface area contributed by atoms with Gasteiger partial charge in [0.05, 0.1) is 5.54 Å². The molecule has 2 N–H and O–H groups in total. The molecule has 0 aliphatic carbocycles. The van der Waals surface area contributed by atoms with Gasteiger partial charge in [-0.15, -0.1) is 0 Å². The van der Waals surface area contributed by atoms with Crippen molar-refractivity contribution >= 4 is 5.82 Å². The second-order valence-corrected chi connectivity index (χ2v) is 4.82. The number of hydrogen-bond donors (Lipinski definition) is 1. The van der Waals surface area contributed by atoms with Gasteiger partial charge in [-0.2, -0.15) is 0 Å². The van der Waals surface area contributed by atoms with Crippen LogP contribution >= 0.6 is 0 Å². The van der Waals surface area contributed by atoms with Crippen molar-refractivity contribution in [3.63, 3.8) is 0 Å². The summed E-state index contributed by atoms with van der Waals surface area (Å²) in [4.78, 5) is 18.3. The summed E-state index contributed by atoms with van der Waals surface area (Å²) >= 11 is 0. The molecule has 0 bridgehead atoms. The monoisotopic (exact) mass is 236 g/mol. The third-order valence-corrected chi connectivity index (χ3v) is 3.38. The van der Waals surface area contributed by atoms with Crippen LogP contribution in [0.1, 0.15) is 26.7 Å². The zero-order chi connectivity index (χ0) is 12.5. The van der Waals surface area contributed by atoms with Gasteiger partial charge in [-0.25, -0.2) is 4.98 Å². The fourth-order valence-electron chi connectivity index (χ4n) is 2.16. The van der Waals surface area contributed by atoms with Gasteiger partial charge in [0, 0.05) is 32.0 Å². The quantitative estimate of drug-likeness (QED) is 0.830. The van der Waals surface area contributed by atoms with Gasteiger partial charge in [-0.05, 0) is 12.8 Å². The minimum atomic E-state index is -0.139. The fraction of sp³-hybridized carbons (Fsp3) is 0.667. The minimum Gasteiger partial charge on any atom is -0.348 e. The average molecular weight is 236 g/mol. The second kappa shape index (κ2) is 4.49. The Morgan fingerprint density at radius 2 is 2.18 bits per heavy atom. The van der Waals surface area contributed by atoms with E-state index < -0.39 is 0 Å². The van der Waals surface area contributed by atoms with E-state index in [1.165, 1.54) is 0 Å². The molecule has 1 aromatic heterocycles. The van der Waals surface area contributed by atoms with Crippen LogP contribution in [0.15, 0.2) is 17.2 Å². The Bertz CT molecular complexity index is 448. The highest BCUT2D eigenvalue weighted by Gasteiger charge is 2.39. The first-order valence-corrected chi connectivity index (χ1v) is 6.19. The maximum Gasteiger partial charge on any atom is 0.293 e. The van der Waals surface area contributed by atoms with Gasteiger partial charge < -0.3 is 15.2 Å². The molecular formula is C12H20N4O. The van der Waals surface area contributed by atoms with Crippen molar-refractivity contribution in [2.24, 2.45) is 5.73 Å². The smallest absolute Gasteiger partial charge is 0.293 e. The van der Waals surface area contributed by atoms with Crippen LogP contribution in [0.3, 0.4) is 0 Å². The Morgan fingerprint density at radius 1 is 1.47 bits per heavy atom. The highest BCUT2D eigenvalue weighted by molar-refractivity contribution is 5.42. The van der Waals surface area contributed by atoms with E-state index >= 15 is 0 Å². The molecule has 5 nitrogen and oxygen atoms in total. The summed E-state index contributed by atoms with van der Waals surface area (Å²) in [5.41, 5.74) is 5.95. The van der Waals surface area contributed by atoms with Crippen molar-refractivity contribution in [2.75, 3.05) is 18.0 Å². The largest absolute Gasteiger partial charge is 0.348 e. The predicted molar refractivity (Wildman–Crippen MR) is 68.2 cm³/mol. The summed E-state index contributed by atoms with van der Waals surface area (Å²) < 4.78 is 1.71. The molecular weight excluding hydrogens is 216 g/mol. The summed E-state index contributed by atoms with van der Waals surface area (Å²) in [5, 5.41) is 0. The Morgan fingerprint density at radius 3 is 2.76 bits per heavy atom. The first-order valence-electron chi connectivity index (χ1n) is 6.19. The highest BCUT2D eigenvalue weighted by atomic mass is 16.1. The molecule has 2 heterocycles. The van der Waals surface area contributed by atoms with Crippen LogP contribution in [0.5, 0.6) is 0 Å². The molecule has 0 unspecified atom stereocenters. The van der Waals surface area contributed by atoms with Gasteiger partial charge in [0.15, 0.2) is 5.82 Å². The van der Waals surface area contributed by atoms with E-state index in [1.807, 2.05) is 4.90 Å². The number of aromatic nitrogens is 2. The van der Waals surface area contributed by atoms with E-state index in [9.17, 15) is 4.79 Å². The molecule has 17 heavy (non-hydrogen) atoms. The predicted octanol–water partition coefficient (Wildman–Crippen LogP) is 0.581. The number of aryl methyl sites for hydroxylation is 1. The molecule has 0 radical (unpaired) electrons. The van der Waals surface area contributed by atoms with E-state index in [1.54, 1.807) is 17.0 Å². The van der Waals surface area contributed by atoms with Crippen molar-refractivity contribution in [1.29, 1.82) is 0 Å². The Hall–Kier alpha value is -1.36. The first-order chi connectivity index (χ1) is 8.09. The number of hydrogen-bond acceptors (Lipinski definition) is 4. The van der Waals surface area contributed by atoms with Gasteiger partial charge in [0.2, 0.25) is 0 Å². The molecule has 1 saturated heterocycles. The van der Waals surface area contributed by atoms with Crippen LogP contribution in [0.25, 0.3) is 0 Å². The standard InChI is InChI=1S/C12H20N4O/c1-3-6-15-7-5-14-10(11(15)17)16-8-12(13,4-2)9-16/h5,7H,3-4,6,8-9,13H2,1-2H3. The average Bonchev–Trinajstić information content (AvgIpc) is 2.28. The summed E-state index contributed by atoms with van der Waals surface area (Å²) in [5.74, 6) is 0.537. The van der Waals surface area contributed by atoms with Gasteiger partial charge in [-0.3, -0.25) is 4.79 Å². The molecule has 1 aliphatic rings. The van der Waals surface area contributed by atoms with Crippen LogP contribution in [-0.2, 0) is 6.54 Å². The van der Waals surface area contributed by atoms with Gasteiger partial charge >= 0.3 is 0 Å². The molecule has 1 aromatic rings. The van der Waals surface area contributed by atoms with Crippen LogP contribution in [0, 0.1) is 0 Å². The maximum atomic E-state index is 12.1. The van der Waals surface area contributed by atoms with Crippen LogP contribution in [0.2, 0.25) is 0 Å². The lowest BCUT2D eigenvalue weighted by molar-refractivity contribution is 0.318. The Kier molecular flexibility index (Phi) is 3.19. The van der Waals surface area contributed by atoms with E-state index in [0.717, 1.165) is 32.5 Å². The molecule has 94 valence electrons. The molecule has 0 aromatic carbocycles. The zero-order valence-electron chi connectivity index (χ0n) is 10.5. The van der Waals surface area contributed by atoms with Gasteiger partial charge in [-0.1, -0.05) is 13.8 Å². The van der Waals surface area contributed by atoms with Crippen LogP contribution in [0.4, 0.5) is 5.82 Å². The van der Waals surface area contributed by atoms with E-state index in [4.69, 9.17) is 5.73 Å². The molecule has 0 atom stereocenters. The number of nitrogens with two attached hydrogens (primary N) is 1. The van der Waals surface area contributed by atoms with Crippen molar-refractivity contribution in [1.82, 2.24) is 9.55 Å². The Balaban J connectivity index is 2.18. The third-order valence-electron chi connectivity index (χ3n) is 3.38. The minimum absolute atomic E-state index is 0.00694. The van der Waals surface area contributed by atoms with Crippen LogP contribution in [-0.4, -0.2) is 28.2 Å². The zero-order valence-corrected chi connectivity index (χ0v) is 10.5. The number of anilines is 1. The molecule has 0 amide bonds. The molecule has 0 spiro atoms. The van der Waals surface area contributed by atoms with Gasteiger partial charge in [0.1, 0.15) is 0 Å². The van der Waals surface area contributed by atoms with Crippen molar-refractivity contribution in [2.45, 2.75) is 38.8 Å². The highest BCUT2D eigenvalue weighted by Crippen LogP contribution is 2.24. The first kappa shape index (κ1) is 12.1. The number of nitrogens with zero attached hydrogens (tertiary/aromatic N) is 3. The Labute approximate surface area is 101 Å². The lowest BCUT2D eigenvalue weighted by Gasteiger charge is -2.47. The van der Waals surface area contributed by atoms with Crippen molar-refractivity contribution < 1.29 is 0 Å². The summed E-state index contributed by atoms with van der Waals surface area (Å²) in [6.07, 6.45) is 5.30. The second-order valence-electron chi connectivity index (χ2n) is 4.82. The number of rotatable bonds is 4. The molecule has 5 heteroatoms. The molecule has 0 saturated carbocycles. The molecule has 1 fully saturated rings. The summed E-state index contributed by atoms with van der Waals surface area (Å²) in [6, 6.07) is 0. The SMILES string of the molecule is CCCn1ccnc(N2CC(N)(CC)C2)c1=O. The summed E-state index contributed by atoms with van der Waals surface area (Å²) in [7, 11) is 0. The van der Waals surface area contributed by atoms with E-state index in [2.05, 4.69) is 18.8 Å². The summed E-state index contributed by atoms with van der Waals surface area (Å²) in [6.45, 7) is 6.32. The van der Waals surface area contributed by atoms with Crippen molar-refractivity contribution in [3.8, 4) is 0 Å². The lowest BCUT2D eigenvalue weighted by atomic mass is 9.88.